The van der Waals surface area contributed by atoms with Crippen LogP contribution in [0.1, 0.15) is 56.6 Å². The molecule has 1 aromatic carbocycles. The zero-order valence-electron chi connectivity index (χ0n) is 18.0. The molecule has 0 spiro atoms. The Balaban J connectivity index is 1.35. The monoisotopic (exact) mass is 417 g/mol. The first kappa shape index (κ1) is 20.0. The van der Waals surface area contributed by atoms with Crippen molar-refractivity contribution in [3.63, 3.8) is 0 Å². The Morgan fingerprint density at radius 1 is 1.00 bits per heavy atom. The van der Waals surface area contributed by atoms with Crippen LogP contribution in [-0.2, 0) is 11.3 Å². The summed E-state index contributed by atoms with van der Waals surface area (Å²) >= 11 is 0. The Hall–Kier alpha value is -2.89. The number of anilines is 1. The van der Waals surface area contributed by atoms with Crippen LogP contribution >= 0.6 is 0 Å². The van der Waals surface area contributed by atoms with E-state index in [1.165, 1.54) is 37.6 Å². The molecule has 31 heavy (non-hydrogen) atoms. The van der Waals surface area contributed by atoms with Crippen LogP contribution in [0.25, 0.3) is 11.0 Å². The first-order chi connectivity index (χ1) is 15.3. The summed E-state index contributed by atoms with van der Waals surface area (Å²) in [7, 11) is 0. The smallest absolute Gasteiger partial charge is 0.225 e. The van der Waals surface area contributed by atoms with Gasteiger partial charge < -0.3 is 14.8 Å². The molecule has 1 amide bonds. The first-order valence-electron chi connectivity index (χ1n) is 11.7. The number of imidazole rings is 1. The molecule has 0 unspecified atom stereocenters. The Bertz CT molecular complexity index is 1020. The molecule has 0 bridgehead atoms. The molecule has 1 aliphatic heterocycles. The van der Waals surface area contributed by atoms with Gasteiger partial charge >= 0.3 is 0 Å². The van der Waals surface area contributed by atoms with Gasteiger partial charge in [0.05, 0.1) is 17.0 Å². The van der Waals surface area contributed by atoms with Crippen molar-refractivity contribution >= 4 is 22.9 Å². The first-order valence-corrected chi connectivity index (χ1v) is 11.7. The Labute approximate surface area is 183 Å². The number of aromatic nitrogens is 3. The third kappa shape index (κ3) is 4.29. The lowest BCUT2D eigenvalue weighted by atomic mass is 9.95. The van der Waals surface area contributed by atoms with Gasteiger partial charge in [0.15, 0.2) is 0 Å². The lowest BCUT2D eigenvalue weighted by Crippen LogP contribution is -2.44. The van der Waals surface area contributed by atoms with Crippen LogP contribution < -0.4 is 10.2 Å². The molecular formula is C25H31N5O. The molecule has 1 aliphatic carbocycles. The van der Waals surface area contributed by atoms with E-state index in [1.807, 2.05) is 12.1 Å². The van der Waals surface area contributed by atoms with Crippen molar-refractivity contribution in [3.05, 3.63) is 54.4 Å². The highest BCUT2D eigenvalue weighted by Crippen LogP contribution is 2.36. The molecule has 3 heterocycles. The molecule has 3 aromatic rings. The average molecular weight is 418 g/mol. The number of amides is 1. The average Bonchev–Trinajstić information content (AvgIpc) is 3.23. The number of nitrogens with one attached hydrogen (secondary N) is 1. The maximum Gasteiger partial charge on any atom is 0.225 e. The van der Waals surface area contributed by atoms with E-state index in [1.54, 1.807) is 12.4 Å². The third-order valence-electron chi connectivity index (χ3n) is 6.81. The number of pyridine rings is 1. The lowest BCUT2D eigenvalue weighted by molar-refractivity contribution is -0.125. The van der Waals surface area contributed by atoms with Crippen molar-refractivity contribution in [3.8, 4) is 0 Å². The van der Waals surface area contributed by atoms with Gasteiger partial charge in [-0.1, -0.05) is 31.4 Å². The molecule has 2 aromatic heterocycles. The van der Waals surface area contributed by atoms with Gasteiger partial charge in [0, 0.05) is 38.1 Å². The number of nitrogens with zero attached hydrogens (tertiary/aromatic N) is 4. The Morgan fingerprint density at radius 3 is 2.65 bits per heavy atom. The van der Waals surface area contributed by atoms with Gasteiger partial charge in [-0.15, -0.1) is 0 Å². The standard InChI is InChI=1S/C25H31N5O/c31-24(27-17-19-12-14-26-15-13-19)20-7-6-16-29(18-20)25-28-22-10-4-5-11-23(22)30(25)21-8-2-1-3-9-21/h4-5,10-15,20-21H,1-3,6-9,16-18H2,(H,27,31)/t20-/m1/s1. The van der Waals surface area contributed by atoms with E-state index in [9.17, 15) is 4.79 Å². The molecule has 2 aliphatic rings. The van der Waals surface area contributed by atoms with Crippen LogP contribution in [0.15, 0.2) is 48.8 Å². The minimum atomic E-state index is -0.00444. The van der Waals surface area contributed by atoms with E-state index in [0.717, 1.165) is 43.0 Å². The van der Waals surface area contributed by atoms with E-state index in [4.69, 9.17) is 4.98 Å². The number of fused-ring (bicyclic) bond motifs is 1. The van der Waals surface area contributed by atoms with Gasteiger partial charge in [0.2, 0.25) is 11.9 Å². The van der Waals surface area contributed by atoms with Crippen molar-refractivity contribution in [2.24, 2.45) is 5.92 Å². The number of piperidine rings is 1. The second-order valence-electron chi connectivity index (χ2n) is 8.92. The van der Waals surface area contributed by atoms with E-state index >= 15 is 0 Å². The number of hydrogen-bond acceptors (Lipinski definition) is 4. The van der Waals surface area contributed by atoms with Gasteiger partial charge in [-0.05, 0) is 55.5 Å². The molecule has 1 N–H and O–H groups in total. The summed E-state index contributed by atoms with van der Waals surface area (Å²) in [5.74, 6) is 1.19. The summed E-state index contributed by atoms with van der Waals surface area (Å²) in [5.41, 5.74) is 3.37. The zero-order valence-corrected chi connectivity index (χ0v) is 18.0. The highest BCUT2D eigenvalue weighted by Gasteiger charge is 2.30. The number of benzene rings is 1. The lowest BCUT2D eigenvalue weighted by Gasteiger charge is -2.35. The van der Waals surface area contributed by atoms with E-state index in [-0.39, 0.29) is 11.8 Å². The highest BCUT2D eigenvalue weighted by atomic mass is 16.1. The molecular weight excluding hydrogens is 386 g/mol. The summed E-state index contributed by atoms with van der Waals surface area (Å²) in [6.45, 7) is 2.25. The third-order valence-corrected chi connectivity index (χ3v) is 6.81. The van der Waals surface area contributed by atoms with Gasteiger partial charge in [0.25, 0.3) is 0 Å². The normalized spacial score (nSPS) is 20.1. The summed E-state index contributed by atoms with van der Waals surface area (Å²) in [4.78, 5) is 24.4. The van der Waals surface area contributed by atoms with Gasteiger partial charge in [-0.3, -0.25) is 9.78 Å². The molecule has 1 saturated heterocycles. The highest BCUT2D eigenvalue weighted by molar-refractivity contribution is 5.81. The fraction of sp³-hybridized carbons (Fsp3) is 0.480. The molecule has 2 fully saturated rings. The molecule has 0 radical (unpaired) electrons. The van der Waals surface area contributed by atoms with Crippen molar-refractivity contribution in [2.45, 2.75) is 57.5 Å². The zero-order chi connectivity index (χ0) is 21.0. The van der Waals surface area contributed by atoms with Crippen LogP contribution in [0.3, 0.4) is 0 Å². The fourth-order valence-electron chi connectivity index (χ4n) is 5.16. The summed E-state index contributed by atoms with van der Waals surface area (Å²) in [5, 5.41) is 3.12. The van der Waals surface area contributed by atoms with Crippen LogP contribution in [0.5, 0.6) is 0 Å². The molecule has 162 valence electrons. The van der Waals surface area contributed by atoms with Crippen LogP contribution in [0.2, 0.25) is 0 Å². The van der Waals surface area contributed by atoms with Crippen LogP contribution in [0.4, 0.5) is 5.95 Å². The van der Waals surface area contributed by atoms with Crippen molar-refractivity contribution in [1.29, 1.82) is 0 Å². The van der Waals surface area contributed by atoms with E-state index in [0.29, 0.717) is 12.6 Å². The van der Waals surface area contributed by atoms with Gasteiger partial charge in [-0.2, -0.15) is 0 Å². The van der Waals surface area contributed by atoms with Crippen molar-refractivity contribution in [2.75, 3.05) is 18.0 Å². The minimum Gasteiger partial charge on any atom is -0.352 e. The Morgan fingerprint density at radius 2 is 1.81 bits per heavy atom. The summed E-state index contributed by atoms with van der Waals surface area (Å²) < 4.78 is 2.48. The largest absolute Gasteiger partial charge is 0.352 e. The number of carbonyl (C=O) groups excluding carboxylic acids is 1. The minimum absolute atomic E-state index is 0.00444. The molecule has 1 atom stereocenters. The maximum absolute atomic E-state index is 12.9. The van der Waals surface area contributed by atoms with E-state index < -0.39 is 0 Å². The predicted octanol–water partition coefficient (Wildman–Crippen LogP) is 4.47. The SMILES string of the molecule is O=C(NCc1ccncc1)[C@@H]1CCCN(c2nc3ccccc3n2C2CCCCC2)C1. The summed E-state index contributed by atoms with van der Waals surface area (Å²) in [6.07, 6.45) is 11.8. The van der Waals surface area contributed by atoms with Crippen LogP contribution in [-0.4, -0.2) is 33.5 Å². The van der Waals surface area contributed by atoms with Crippen molar-refractivity contribution in [1.82, 2.24) is 19.9 Å². The Kier molecular flexibility index (Phi) is 5.87. The van der Waals surface area contributed by atoms with Crippen LogP contribution in [0, 0.1) is 5.92 Å². The quantitative estimate of drug-likeness (QED) is 0.665. The maximum atomic E-state index is 12.9. The van der Waals surface area contributed by atoms with Gasteiger partial charge in [-0.25, -0.2) is 4.98 Å². The fourth-order valence-corrected chi connectivity index (χ4v) is 5.16. The number of hydrogen-bond donors (Lipinski definition) is 1. The number of para-hydroxylation sites is 2. The second kappa shape index (κ2) is 9.08. The number of carbonyl (C=O) groups is 1. The van der Waals surface area contributed by atoms with E-state index in [2.05, 4.69) is 44.0 Å². The van der Waals surface area contributed by atoms with Gasteiger partial charge in [0.1, 0.15) is 0 Å². The molecule has 1 saturated carbocycles. The topological polar surface area (TPSA) is 63.1 Å². The predicted molar refractivity (Wildman–Crippen MR) is 123 cm³/mol. The second-order valence-corrected chi connectivity index (χ2v) is 8.92. The summed E-state index contributed by atoms with van der Waals surface area (Å²) in [6, 6.07) is 12.9. The van der Waals surface area contributed by atoms with Crippen molar-refractivity contribution < 1.29 is 4.79 Å². The number of rotatable bonds is 5. The molecule has 6 nitrogen and oxygen atoms in total. The molecule has 5 rings (SSSR count). The molecule has 6 heteroatoms.